The van der Waals surface area contributed by atoms with Crippen molar-refractivity contribution in [2.45, 2.75) is 0 Å². The van der Waals surface area contributed by atoms with E-state index in [1.54, 1.807) is 24.3 Å². The summed E-state index contributed by atoms with van der Waals surface area (Å²) in [5, 5.41) is 0. The Morgan fingerprint density at radius 2 is 1.17 bits per heavy atom. The fourth-order valence-electron chi connectivity index (χ4n) is 1.43. The molecule has 0 fully saturated rings. The number of ether oxygens (including phenoxy) is 2. The van der Waals surface area contributed by atoms with E-state index in [9.17, 15) is 8.78 Å². The van der Waals surface area contributed by atoms with Crippen molar-refractivity contribution >= 4 is 0 Å². The second-order valence-electron chi connectivity index (χ2n) is 3.61. The normalized spacial score (nSPS) is 10.1. The van der Waals surface area contributed by atoms with Crippen molar-refractivity contribution in [3.63, 3.8) is 0 Å². The van der Waals surface area contributed by atoms with Gasteiger partial charge in [-0.25, -0.2) is 8.78 Å². The molecule has 0 aromatic heterocycles. The highest BCUT2D eigenvalue weighted by Crippen LogP contribution is 2.13. The van der Waals surface area contributed by atoms with Crippen molar-refractivity contribution in [1.82, 2.24) is 0 Å². The standard InChI is InChI=1S/C14H12F2O2/c15-11-3-1-5-13(9-11)17-7-8-18-14-6-2-4-12(16)10-14/h1-6,9-10H,7-8H2. The van der Waals surface area contributed by atoms with Crippen LogP contribution in [0.15, 0.2) is 48.5 Å². The molecule has 0 heterocycles. The largest absolute Gasteiger partial charge is 0.490 e. The Morgan fingerprint density at radius 1 is 0.722 bits per heavy atom. The van der Waals surface area contributed by atoms with Crippen LogP contribution < -0.4 is 9.47 Å². The Kier molecular flexibility index (Phi) is 4.12. The Hall–Kier alpha value is -2.10. The average molecular weight is 250 g/mol. The third-order valence-corrected chi connectivity index (χ3v) is 2.21. The number of rotatable bonds is 5. The molecule has 4 heteroatoms. The van der Waals surface area contributed by atoms with Gasteiger partial charge in [0.2, 0.25) is 0 Å². The van der Waals surface area contributed by atoms with Crippen molar-refractivity contribution in [2.24, 2.45) is 0 Å². The van der Waals surface area contributed by atoms with Gasteiger partial charge in [-0.2, -0.15) is 0 Å². The zero-order valence-electron chi connectivity index (χ0n) is 9.61. The quantitative estimate of drug-likeness (QED) is 0.757. The van der Waals surface area contributed by atoms with E-state index in [0.29, 0.717) is 11.5 Å². The molecule has 2 nitrogen and oxygen atoms in total. The molecule has 0 aliphatic carbocycles. The Labute approximate surface area is 104 Å². The van der Waals surface area contributed by atoms with Crippen molar-refractivity contribution < 1.29 is 18.3 Å². The molecule has 2 aromatic carbocycles. The minimum absolute atomic E-state index is 0.264. The van der Waals surface area contributed by atoms with Crippen LogP contribution in [-0.4, -0.2) is 13.2 Å². The maximum atomic E-state index is 12.8. The molecule has 0 spiro atoms. The van der Waals surface area contributed by atoms with Crippen molar-refractivity contribution in [3.8, 4) is 11.5 Å². The maximum Gasteiger partial charge on any atom is 0.126 e. The van der Waals surface area contributed by atoms with Crippen LogP contribution in [0.2, 0.25) is 0 Å². The summed E-state index contributed by atoms with van der Waals surface area (Å²) in [7, 11) is 0. The van der Waals surface area contributed by atoms with Crippen LogP contribution in [0.4, 0.5) is 8.78 Å². The highest BCUT2D eigenvalue weighted by Gasteiger charge is 1.98. The average Bonchev–Trinajstić information content (AvgIpc) is 2.35. The zero-order chi connectivity index (χ0) is 12.8. The maximum absolute atomic E-state index is 12.8. The first-order valence-electron chi connectivity index (χ1n) is 5.51. The van der Waals surface area contributed by atoms with E-state index in [2.05, 4.69) is 0 Å². The summed E-state index contributed by atoms with van der Waals surface area (Å²) >= 11 is 0. The molecule has 0 unspecified atom stereocenters. The second kappa shape index (κ2) is 6.00. The first kappa shape index (κ1) is 12.4. The smallest absolute Gasteiger partial charge is 0.126 e. The van der Waals surface area contributed by atoms with Gasteiger partial charge < -0.3 is 9.47 Å². The van der Waals surface area contributed by atoms with Gasteiger partial charge in [0.1, 0.15) is 36.3 Å². The molecule has 0 saturated heterocycles. The summed E-state index contributed by atoms with van der Waals surface area (Å²) in [5.74, 6) is 0.188. The van der Waals surface area contributed by atoms with Gasteiger partial charge in [0.25, 0.3) is 0 Å². The highest BCUT2D eigenvalue weighted by molar-refractivity contribution is 5.23. The van der Waals surface area contributed by atoms with E-state index < -0.39 is 0 Å². The third kappa shape index (κ3) is 3.73. The third-order valence-electron chi connectivity index (χ3n) is 2.21. The SMILES string of the molecule is Fc1cccc(OCCOc2cccc(F)c2)c1. The molecule has 0 atom stereocenters. The van der Waals surface area contributed by atoms with Crippen LogP contribution >= 0.6 is 0 Å². The monoisotopic (exact) mass is 250 g/mol. The first-order valence-corrected chi connectivity index (χ1v) is 5.51. The molecule has 18 heavy (non-hydrogen) atoms. The molecule has 0 aliphatic rings. The molecule has 2 aromatic rings. The minimum atomic E-state index is -0.349. The topological polar surface area (TPSA) is 18.5 Å². The van der Waals surface area contributed by atoms with Crippen LogP contribution in [0.25, 0.3) is 0 Å². The molecule has 0 aliphatic heterocycles. The number of hydrogen-bond donors (Lipinski definition) is 0. The van der Waals surface area contributed by atoms with Gasteiger partial charge in [0, 0.05) is 12.1 Å². The van der Waals surface area contributed by atoms with Gasteiger partial charge in [-0.1, -0.05) is 12.1 Å². The van der Waals surface area contributed by atoms with Gasteiger partial charge in [-0.05, 0) is 24.3 Å². The van der Waals surface area contributed by atoms with E-state index >= 15 is 0 Å². The minimum Gasteiger partial charge on any atom is -0.490 e. The lowest BCUT2D eigenvalue weighted by atomic mass is 10.3. The van der Waals surface area contributed by atoms with E-state index in [1.807, 2.05) is 0 Å². The summed E-state index contributed by atoms with van der Waals surface area (Å²) < 4.78 is 36.2. The van der Waals surface area contributed by atoms with E-state index in [-0.39, 0.29) is 24.8 Å². The van der Waals surface area contributed by atoms with Crippen molar-refractivity contribution in [3.05, 3.63) is 60.2 Å². The summed E-state index contributed by atoms with van der Waals surface area (Å²) in [5.41, 5.74) is 0. The number of hydrogen-bond acceptors (Lipinski definition) is 2. The molecule has 0 radical (unpaired) electrons. The molecule has 0 N–H and O–H groups in total. The fourth-order valence-corrected chi connectivity index (χ4v) is 1.43. The van der Waals surface area contributed by atoms with Crippen LogP contribution in [-0.2, 0) is 0 Å². The predicted octanol–water partition coefficient (Wildman–Crippen LogP) is 3.42. The van der Waals surface area contributed by atoms with Gasteiger partial charge in [0.05, 0.1) is 0 Å². The van der Waals surface area contributed by atoms with E-state index in [4.69, 9.17) is 9.47 Å². The highest BCUT2D eigenvalue weighted by atomic mass is 19.1. The summed E-state index contributed by atoms with van der Waals surface area (Å²) in [6, 6.07) is 11.7. The molecule has 2 rings (SSSR count). The van der Waals surface area contributed by atoms with E-state index in [1.165, 1.54) is 24.3 Å². The van der Waals surface area contributed by atoms with Crippen molar-refractivity contribution in [1.29, 1.82) is 0 Å². The summed E-state index contributed by atoms with van der Waals surface area (Å²) in [6.07, 6.45) is 0. The Bertz CT molecular complexity index is 467. The lowest BCUT2D eigenvalue weighted by Gasteiger charge is -2.08. The van der Waals surface area contributed by atoms with Crippen LogP contribution in [0.1, 0.15) is 0 Å². The van der Waals surface area contributed by atoms with Crippen molar-refractivity contribution in [2.75, 3.05) is 13.2 Å². The van der Waals surface area contributed by atoms with Gasteiger partial charge in [0.15, 0.2) is 0 Å². The Balaban J connectivity index is 1.76. The lowest BCUT2D eigenvalue weighted by Crippen LogP contribution is -2.09. The molecule has 94 valence electrons. The Morgan fingerprint density at radius 3 is 1.56 bits per heavy atom. The van der Waals surface area contributed by atoms with E-state index in [0.717, 1.165) is 0 Å². The van der Waals surface area contributed by atoms with Crippen LogP contribution in [0, 0.1) is 11.6 Å². The van der Waals surface area contributed by atoms with Crippen LogP contribution in [0.3, 0.4) is 0 Å². The molecular formula is C14H12F2O2. The van der Waals surface area contributed by atoms with Crippen LogP contribution in [0.5, 0.6) is 11.5 Å². The molecular weight excluding hydrogens is 238 g/mol. The van der Waals surface area contributed by atoms with Gasteiger partial charge >= 0.3 is 0 Å². The zero-order valence-corrected chi connectivity index (χ0v) is 9.61. The molecule has 0 amide bonds. The molecule has 0 saturated carbocycles. The summed E-state index contributed by atoms with van der Waals surface area (Å²) in [6.45, 7) is 0.528. The fraction of sp³-hybridized carbons (Fsp3) is 0.143. The second-order valence-corrected chi connectivity index (χ2v) is 3.61. The number of benzene rings is 2. The predicted molar refractivity (Wildman–Crippen MR) is 63.8 cm³/mol. The molecule has 0 bridgehead atoms. The summed E-state index contributed by atoms with van der Waals surface area (Å²) in [4.78, 5) is 0. The van der Waals surface area contributed by atoms with Gasteiger partial charge in [-0.15, -0.1) is 0 Å². The number of halogens is 2. The van der Waals surface area contributed by atoms with Gasteiger partial charge in [-0.3, -0.25) is 0 Å². The first-order chi connectivity index (χ1) is 8.74. The lowest BCUT2D eigenvalue weighted by molar-refractivity contribution is 0.216.